The summed E-state index contributed by atoms with van der Waals surface area (Å²) in [5, 5.41) is 11.6. The van der Waals surface area contributed by atoms with Gasteiger partial charge in [-0.3, -0.25) is 9.20 Å². The molecule has 0 aliphatic heterocycles. The first-order valence-corrected chi connectivity index (χ1v) is 10.8. The molecule has 1 unspecified atom stereocenters. The molecule has 1 atom stereocenters. The van der Waals surface area contributed by atoms with Crippen LogP contribution in [0.4, 0.5) is 0 Å². The van der Waals surface area contributed by atoms with Gasteiger partial charge < -0.3 is 5.32 Å². The summed E-state index contributed by atoms with van der Waals surface area (Å²) < 4.78 is 1.93. The number of pyridine rings is 1. The maximum Gasteiger partial charge on any atom is 0.244 e. The summed E-state index contributed by atoms with van der Waals surface area (Å²) in [6, 6.07) is 13.9. The number of aromatic nitrogens is 3. The molecule has 3 aromatic rings. The Balaban J connectivity index is 1.72. The molecule has 5 nitrogen and oxygen atoms in total. The van der Waals surface area contributed by atoms with E-state index in [1.165, 1.54) is 5.56 Å². The average Bonchev–Trinajstić information content (AvgIpc) is 3.14. The molecular formula is C22H26N4OS. The molecule has 2 heterocycles. The molecular weight excluding hydrogens is 368 g/mol. The Morgan fingerprint density at radius 1 is 1.18 bits per heavy atom. The number of benzene rings is 1. The molecule has 1 aromatic carbocycles. The predicted molar refractivity (Wildman–Crippen MR) is 116 cm³/mol. The first kappa shape index (κ1) is 20.1. The van der Waals surface area contributed by atoms with Crippen molar-refractivity contribution in [2.45, 2.75) is 32.2 Å². The fourth-order valence-electron chi connectivity index (χ4n) is 2.98. The normalized spacial score (nSPS) is 12.7. The quantitative estimate of drug-likeness (QED) is 0.573. The average molecular weight is 395 g/mol. The van der Waals surface area contributed by atoms with Crippen molar-refractivity contribution < 1.29 is 4.79 Å². The molecule has 1 amide bonds. The molecule has 0 radical (unpaired) electrons. The number of hydrogen-bond acceptors (Lipinski definition) is 4. The van der Waals surface area contributed by atoms with Crippen molar-refractivity contribution in [2.24, 2.45) is 0 Å². The van der Waals surface area contributed by atoms with Crippen molar-refractivity contribution in [3.05, 3.63) is 71.7 Å². The third-order valence-corrected chi connectivity index (χ3v) is 5.25. The number of rotatable bonds is 8. The Morgan fingerprint density at radius 2 is 1.96 bits per heavy atom. The molecule has 2 aromatic heterocycles. The van der Waals surface area contributed by atoms with Crippen LogP contribution in [0, 0.1) is 0 Å². The molecule has 3 rings (SSSR count). The van der Waals surface area contributed by atoms with Gasteiger partial charge in [0.15, 0.2) is 11.5 Å². The number of nitrogens with one attached hydrogen (secondary N) is 1. The van der Waals surface area contributed by atoms with Crippen molar-refractivity contribution in [2.75, 3.05) is 12.0 Å². The summed E-state index contributed by atoms with van der Waals surface area (Å²) >= 11 is 1.75. The van der Waals surface area contributed by atoms with E-state index in [1.54, 1.807) is 17.8 Å². The van der Waals surface area contributed by atoms with E-state index >= 15 is 0 Å². The molecule has 146 valence electrons. The standard InChI is InChI=1S/C22H26N4OS/c1-16(2)18-10-7-17(8-11-18)9-12-21(27)23-19(13-15-28-3)22-25-24-20-6-4-5-14-26(20)22/h4-12,14,16,19H,13,15H2,1-3H3,(H,23,27)/b12-9+. The Morgan fingerprint density at radius 3 is 2.68 bits per heavy atom. The van der Waals surface area contributed by atoms with E-state index in [2.05, 4.69) is 47.8 Å². The van der Waals surface area contributed by atoms with Crippen molar-refractivity contribution in [1.82, 2.24) is 19.9 Å². The van der Waals surface area contributed by atoms with Crippen LogP contribution in [0.1, 0.15) is 49.2 Å². The zero-order valence-corrected chi connectivity index (χ0v) is 17.3. The van der Waals surface area contributed by atoms with Gasteiger partial charge in [0, 0.05) is 12.3 Å². The second-order valence-corrected chi connectivity index (χ2v) is 7.97. The molecule has 28 heavy (non-hydrogen) atoms. The van der Waals surface area contributed by atoms with Gasteiger partial charge in [0.2, 0.25) is 5.91 Å². The topological polar surface area (TPSA) is 59.3 Å². The Labute approximate surface area is 170 Å². The minimum Gasteiger partial charge on any atom is -0.342 e. The number of hydrogen-bond donors (Lipinski definition) is 1. The summed E-state index contributed by atoms with van der Waals surface area (Å²) in [4.78, 5) is 12.5. The highest BCUT2D eigenvalue weighted by Crippen LogP contribution is 2.19. The molecule has 0 bridgehead atoms. The number of nitrogens with zero attached hydrogens (tertiary/aromatic N) is 3. The van der Waals surface area contributed by atoms with E-state index in [1.807, 2.05) is 47.0 Å². The molecule has 0 saturated heterocycles. The molecule has 0 aliphatic rings. The van der Waals surface area contributed by atoms with Crippen LogP contribution in [-0.2, 0) is 4.79 Å². The minimum atomic E-state index is -0.190. The van der Waals surface area contributed by atoms with Gasteiger partial charge in [-0.05, 0) is 53.7 Å². The van der Waals surface area contributed by atoms with Gasteiger partial charge in [-0.2, -0.15) is 11.8 Å². The lowest BCUT2D eigenvalue weighted by Crippen LogP contribution is -2.29. The Bertz CT molecular complexity index is 947. The van der Waals surface area contributed by atoms with E-state index < -0.39 is 0 Å². The maximum atomic E-state index is 12.5. The van der Waals surface area contributed by atoms with Crippen LogP contribution in [0.15, 0.2) is 54.7 Å². The van der Waals surface area contributed by atoms with Gasteiger partial charge >= 0.3 is 0 Å². The number of carbonyl (C=O) groups excluding carboxylic acids is 1. The van der Waals surface area contributed by atoms with Crippen LogP contribution in [0.2, 0.25) is 0 Å². The van der Waals surface area contributed by atoms with E-state index in [0.29, 0.717) is 5.92 Å². The molecule has 6 heteroatoms. The monoisotopic (exact) mass is 394 g/mol. The summed E-state index contributed by atoms with van der Waals surface area (Å²) in [6.07, 6.45) is 8.20. The van der Waals surface area contributed by atoms with Gasteiger partial charge in [-0.25, -0.2) is 0 Å². The molecule has 0 fully saturated rings. The highest BCUT2D eigenvalue weighted by atomic mass is 32.2. The van der Waals surface area contributed by atoms with Crippen LogP contribution >= 0.6 is 11.8 Å². The van der Waals surface area contributed by atoms with Crippen molar-refractivity contribution >= 4 is 29.4 Å². The summed E-state index contributed by atoms with van der Waals surface area (Å²) in [6.45, 7) is 4.34. The number of carbonyl (C=O) groups is 1. The van der Waals surface area contributed by atoms with Crippen LogP contribution in [0.25, 0.3) is 11.7 Å². The first-order valence-electron chi connectivity index (χ1n) is 9.45. The van der Waals surface area contributed by atoms with Crippen LogP contribution in [0.3, 0.4) is 0 Å². The van der Waals surface area contributed by atoms with Gasteiger partial charge in [0.1, 0.15) is 0 Å². The fraction of sp³-hybridized carbons (Fsp3) is 0.318. The second kappa shape index (κ2) is 9.55. The Hall–Kier alpha value is -2.60. The van der Waals surface area contributed by atoms with Gasteiger partial charge in [-0.15, -0.1) is 10.2 Å². The van der Waals surface area contributed by atoms with Crippen LogP contribution in [0.5, 0.6) is 0 Å². The van der Waals surface area contributed by atoms with Crippen molar-refractivity contribution in [3.8, 4) is 0 Å². The zero-order chi connectivity index (χ0) is 19.9. The first-order chi connectivity index (χ1) is 13.6. The van der Waals surface area contributed by atoms with E-state index in [9.17, 15) is 4.79 Å². The van der Waals surface area contributed by atoms with Crippen molar-refractivity contribution in [3.63, 3.8) is 0 Å². The maximum absolute atomic E-state index is 12.5. The zero-order valence-electron chi connectivity index (χ0n) is 16.5. The van der Waals surface area contributed by atoms with Gasteiger partial charge in [0.25, 0.3) is 0 Å². The lowest BCUT2D eigenvalue weighted by Gasteiger charge is -2.16. The minimum absolute atomic E-state index is 0.133. The molecule has 0 aliphatic carbocycles. The smallest absolute Gasteiger partial charge is 0.244 e. The van der Waals surface area contributed by atoms with Crippen molar-refractivity contribution in [1.29, 1.82) is 0 Å². The van der Waals surface area contributed by atoms with E-state index in [4.69, 9.17) is 0 Å². The fourth-order valence-corrected chi connectivity index (χ4v) is 3.45. The second-order valence-electron chi connectivity index (χ2n) is 6.98. The van der Waals surface area contributed by atoms with Gasteiger partial charge in [0.05, 0.1) is 6.04 Å². The number of thioether (sulfide) groups is 1. The van der Waals surface area contributed by atoms with Gasteiger partial charge in [-0.1, -0.05) is 44.2 Å². The number of fused-ring (bicyclic) bond motifs is 1. The molecule has 0 spiro atoms. The third kappa shape index (κ3) is 5.01. The largest absolute Gasteiger partial charge is 0.342 e. The molecule has 0 saturated carbocycles. The predicted octanol–water partition coefficient (Wildman–Crippen LogP) is 4.48. The summed E-state index contributed by atoms with van der Waals surface area (Å²) in [5.74, 6) is 2.04. The summed E-state index contributed by atoms with van der Waals surface area (Å²) in [5.41, 5.74) is 3.08. The lowest BCUT2D eigenvalue weighted by atomic mass is 10.0. The highest BCUT2D eigenvalue weighted by Gasteiger charge is 2.19. The molecule has 1 N–H and O–H groups in total. The summed E-state index contributed by atoms with van der Waals surface area (Å²) in [7, 11) is 0. The SMILES string of the molecule is CSCCC(NC(=O)/C=C/c1ccc(C(C)C)cc1)c1nnc2ccccn12. The van der Waals surface area contributed by atoms with E-state index in [0.717, 1.165) is 29.2 Å². The Kier molecular flexibility index (Phi) is 6.87. The third-order valence-electron chi connectivity index (χ3n) is 4.61. The number of amides is 1. The highest BCUT2D eigenvalue weighted by molar-refractivity contribution is 7.98. The van der Waals surface area contributed by atoms with E-state index in [-0.39, 0.29) is 11.9 Å². The van der Waals surface area contributed by atoms with Crippen LogP contribution in [-0.4, -0.2) is 32.5 Å². The lowest BCUT2D eigenvalue weighted by molar-refractivity contribution is -0.117. The van der Waals surface area contributed by atoms with Crippen LogP contribution < -0.4 is 5.32 Å².